The topological polar surface area (TPSA) is 57.6 Å². The highest BCUT2D eigenvalue weighted by atomic mass is 32.2. The predicted octanol–water partition coefficient (Wildman–Crippen LogP) is 0.427. The molecule has 0 radical (unpaired) electrons. The molecule has 0 saturated carbocycles. The fourth-order valence-corrected chi connectivity index (χ4v) is 1.80. The Hall–Kier alpha value is -0.710. The number of hydrogen-bond donors (Lipinski definition) is 1. The van der Waals surface area contributed by atoms with Gasteiger partial charge in [-0.3, -0.25) is 9.59 Å². The summed E-state index contributed by atoms with van der Waals surface area (Å²) in [5.41, 5.74) is 0. The largest absolute Gasteiger partial charge is 0.481 e. The molecule has 0 aromatic carbocycles. The van der Waals surface area contributed by atoms with Crippen LogP contribution in [0.3, 0.4) is 0 Å². The van der Waals surface area contributed by atoms with Crippen molar-refractivity contribution < 1.29 is 14.7 Å². The highest BCUT2D eigenvalue weighted by molar-refractivity contribution is 7.99. The number of aliphatic carboxylic acids is 1. The second-order valence-electron chi connectivity index (χ2n) is 2.93. The highest BCUT2D eigenvalue weighted by Gasteiger charge is 2.19. The zero-order valence-corrected chi connectivity index (χ0v) is 8.18. The van der Waals surface area contributed by atoms with Crippen molar-refractivity contribution >= 4 is 23.6 Å². The summed E-state index contributed by atoms with van der Waals surface area (Å²) in [5.74, 6) is 0.285. The van der Waals surface area contributed by atoms with E-state index in [1.165, 1.54) is 11.8 Å². The first-order chi connectivity index (χ1) is 6.20. The third-order valence-corrected chi connectivity index (χ3v) is 2.84. The quantitative estimate of drug-likeness (QED) is 0.658. The molecule has 13 heavy (non-hydrogen) atoms. The lowest BCUT2D eigenvalue weighted by molar-refractivity contribution is -0.136. The first kappa shape index (κ1) is 10.4. The minimum Gasteiger partial charge on any atom is -0.481 e. The van der Waals surface area contributed by atoms with Crippen LogP contribution < -0.4 is 0 Å². The van der Waals surface area contributed by atoms with Gasteiger partial charge in [0, 0.05) is 18.8 Å². The number of likely N-dealkylation sites (tertiary alicyclic amines) is 1. The van der Waals surface area contributed by atoms with Crippen molar-refractivity contribution in [1.82, 2.24) is 4.90 Å². The number of thioether (sulfide) groups is 1. The van der Waals surface area contributed by atoms with E-state index < -0.39 is 5.97 Å². The van der Waals surface area contributed by atoms with Crippen molar-refractivity contribution in [2.75, 3.05) is 24.6 Å². The average molecular weight is 203 g/mol. The maximum atomic E-state index is 11.2. The lowest BCUT2D eigenvalue weighted by Gasteiger charge is -2.30. The van der Waals surface area contributed by atoms with E-state index in [-0.39, 0.29) is 12.3 Å². The van der Waals surface area contributed by atoms with Crippen molar-refractivity contribution in [3.05, 3.63) is 0 Å². The molecule has 1 amide bonds. The molecule has 1 N–H and O–H groups in total. The Kier molecular flexibility index (Phi) is 4.08. The number of carbonyl (C=O) groups is 2. The van der Waals surface area contributed by atoms with Gasteiger partial charge in [0.2, 0.25) is 5.91 Å². The van der Waals surface area contributed by atoms with Crippen molar-refractivity contribution in [2.45, 2.75) is 12.8 Å². The van der Waals surface area contributed by atoms with Crippen molar-refractivity contribution in [3.8, 4) is 0 Å². The molecule has 0 bridgehead atoms. The summed E-state index contributed by atoms with van der Waals surface area (Å²) in [6.45, 7) is 1.75. The van der Waals surface area contributed by atoms with Gasteiger partial charge >= 0.3 is 5.97 Å². The monoisotopic (exact) mass is 203 g/mol. The Bertz CT molecular complexity index is 204. The van der Waals surface area contributed by atoms with Crippen LogP contribution in [0.1, 0.15) is 12.8 Å². The Morgan fingerprint density at radius 2 is 2.08 bits per heavy atom. The summed E-state index contributed by atoms with van der Waals surface area (Å²) in [7, 11) is 0. The van der Waals surface area contributed by atoms with E-state index in [0.717, 1.165) is 19.5 Å². The normalized spacial score (nSPS) is 15.2. The number of carboxylic acid groups (broad SMARTS) is 1. The van der Waals surface area contributed by atoms with E-state index in [2.05, 4.69) is 0 Å². The van der Waals surface area contributed by atoms with Gasteiger partial charge in [-0.05, 0) is 6.42 Å². The molecule has 1 saturated heterocycles. The maximum absolute atomic E-state index is 11.2. The second-order valence-corrected chi connectivity index (χ2v) is 4.04. The first-order valence-electron chi connectivity index (χ1n) is 4.27. The molecular weight excluding hydrogens is 190 g/mol. The van der Waals surface area contributed by atoms with Gasteiger partial charge in [0.25, 0.3) is 0 Å². The van der Waals surface area contributed by atoms with Gasteiger partial charge < -0.3 is 10.0 Å². The summed E-state index contributed by atoms with van der Waals surface area (Å²) < 4.78 is 0. The van der Waals surface area contributed by atoms with E-state index >= 15 is 0 Å². The van der Waals surface area contributed by atoms with E-state index in [4.69, 9.17) is 5.11 Å². The molecule has 0 aromatic rings. The molecule has 4 nitrogen and oxygen atoms in total. The lowest BCUT2D eigenvalue weighted by Crippen LogP contribution is -2.43. The first-order valence-corrected chi connectivity index (χ1v) is 5.43. The van der Waals surface area contributed by atoms with Crippen LogP contribution in [0, 0.1) is 0 Å². The molecule has 0 aromatic heterocycles. The van der Waals surface area contributed by atoms with E-state index in [9.17, 15) is 9.59 Å². The van der Waals surface area contributed by atoms with Gasteiger partial charge in [0.05, 0.1) is 12.2 Å². The minimum atomic E-state index is -0.802. The summed E-state index contributed by atoms with van der Waals surface area (Å²) in [6.07, 6.45) is 1.24. The molecule has 0 spiro atoms. The molecule has 1 rings (SSSR count). The van der Waals surface area contributed by atoms with Gasteiger partial charge in [-0.25, -0.2) is 0 Å². The van der Waals surface area contributed by atoms with Crippen LogP contribution >= 0.6 is 11.8 Å². The zero-order chi connectivity index (χ0) is 9.68. The third kappa shape index (κ3) is 3.67. The Labute approximate surface area is 81.3 Å². The standard InChI is InChI=1S/C8H13NO3S/c10-7(9-3-1-4-9)6-13-5-2-8(11)12/h1-6H2,(H,11,12). The fraction of sp³-hybridized carbons (Fsp3) is 0.750. The van der Waals surface area contributed by atoms with Crippen LogP contribution in [-0.2, 0) is 9.59 Å². The predicted molar refractivity (Wildman–Crippen MR) is 50.8 cm³/mol. The molecule has 1 aliphatic heterocycles. The van der Waals surface area contributed by atoms with Crippen LogP contribution in [-0.4, -0.2) is 46.5 Å². The lowest BCUT2D eigenvalue weighted by atomic mass is 10.2. The molecule has 5 heteroatoms. The Balaban J connectivity index is 1.98. The molecule has 1 heterocycles. The number of nitrogens with zero attached hydrogens (tertiary/aromatic N) is 1. The van der Waals surface area contributed by atoms with Crippen LogP contribution in [0.25, 0.3) is 0 Å². The van der Waals surface area contributed by atoms with Gasteiger partial charge in [-0.1, -0.05) is 0 Å². The second kappa shape index (κ2) is 5.11. The van der Waals surface area contributed by atoms with Crippen LogP contribution in [0.15, 0.2) is 0 Å². The Morgan fingerprint density at radius 1 is 1.38 bits per heavy atom. The number of carbonyl (C=O) groups excluding carboxylic acids is 1. The van der Waals surface area contributed by atoms with E-state index in [1.807, 2.05) is 0 Å². The number of amides is 1. The minimum absolute atomic E-state index is 0.137. The molecule has 74 valence electrons. The maximum Gasteiger partial charge on any atom is 0.304 e. The molecule has 1 fully saturated rings. The van der Waals surface area contributed by atoms with Crippen LogP contribution in [0.5, 0.6) is 0 Å². The Morgan fingerprint density at radius 3 is 2.54 bits per heavy atom. The highest BCUT2D eigenvalue weighted by Crippen LogP contribution is 2.10. The fourth-order valence-electron chi connectivity index (χ4n) is 0.976. The molecule has 0 aliphatic carbocycles. The van der Waals surface area contributed by atoms with Gasteiger partial charge in [-0.15, -0.1) is 0 Å². The van der Waals surface area contributed by atoms with Crippen molar-refractivity contribution in [3.63, 3.8) is 0 Å². The summed E-state index contributed by atoms with van der Waals surface area (Å²) in [6, 6.07) is 0. The molecule has 0 unspecified atom stereocenters. The number of hydrogen-bond acceptors (Lipinski definition) is 3. The van der Waals surface area contributed by atoms with Crippen LogP contribution in [0.2, 0.25) is 0 Å². The average Bonchev–Trinajstić information content (AvgIpc) is 1.94. The smallest absolute Gasteiger partial charge is 0.304 e. The van der Waals surface area contributed by atoms with Gasteiger partial charge in [-0.2, -0.15) is 11.8 Å². The van der Waals surface area contributed by atoms with Crippen LogP contribution in [0.4, 0.5) is 0 Å². The molecular formula is C8H13NO3S. The number of carboxylic acids is 1. The molecule has 1 aliphatic rings. The third-order valence-electron chi connectivity index (χ3n) is 1.89. The number of rotatable bonds is 5. The summed E-state index contributed by atoms with van der Waals surface area (Å²) in [5, 5.41) is 8.34. The summed E-state index contributed by atoms with van der Waals surface area (Å²) in [4.78, 5) is 23.2. The van der Waals surface area contributed by atoms with E-state index in [1.54, 1.807) is 4.90 Å². The SMILES string of the molecule is O=C(O)CCSCC(=O)N1CCC1. The van der Waals surface area contributed by atoms with Crippen molar-refractivity contribution in [1.29, 1.82) is 0 Å². The van der Waals surface area contributed by atoms with Crippen molar-refractivity contribution in [2.24, 2.45) is 0 Å². The summed E-state index contributed by atoms with van der Waals surface area (Å²) >= 11 is 1.40. The zero-order valence-electron chi connectivity index (χ0n) is 7.36. The van der Waals surface area contributed by atoms with E-state index in [0.29, 0.717) is 11.5 Å². The van der Waals surface area contributed by atoms with Gasteiger partial charge in [0.15, 0.2) is 0 Å². The molecule has 0 atom stereocenters. The van der Waals surface area contributed by atoms with Gasteiger partial charge in [0.1, 0.15) is 0 Å².